The van der Waals surface area contributed by atoms with Crippen LogP contribution < -0.4 is 0 Å². The van der Waals surface area contributed by atoms with Crippen molar-refractivity contribution in [2.24, 2.45) is 20.0 Å². The molecule has 0 aliphatic heterocycles. The van der Waals surface area contributed by atoms with Crippen LogP contribution >= 0.6 is 0 Å². The molecular weight excluding hydrogens is 476 g/mol. The van der Waals surface area contributed by atoms with Gasteiger partial charge in [0.1, 0.15) is 0 Å². The van der Waals surface area contributed by atoms with Crippen molar-refractivity contribution >= 4 is 35.7 Å². The van der Waals surface area contributed by atoms with Crippen LogP contribution in [0.4, 0.5) is 11.4 Å². The molecule has 0 heterocycles. The van der Waals surface area contributed by atoms with Gasteiger partial charge in [-0.25, -0.2) is 19.2 Å². The average molecular weight is 505 g/mol. The van der Waals surface area contributed by atoms with Crippen molar-refractivity contribution in [3.63, 3.8) is 0 Å². The summed E-state index contributed by atoms with van der Waals surface area (Å²) in [6, 6.07) is 4.94. The molecule has 3 unspecified atom stereocenters. The summed E-state index contributed by atoms with van der Waals surface area (Å²) in [5.41, 5.74) is 0.242. The molecule has 0 radical (unpaired) electrons. The molecule has 1 aromatic rings. The maximum Gasteiger partial charge on any atom is 0.240 e. The first-order chi connectivity index (χ1) is 17.8. The zero-order chi connectivity index (χ0) is 27.6. The average Bonchev–Trinajstić information content (AvgIpc) is 2.89. The van der Waals surface area contributed by atoms with E-state index in [1.54, 1.807) is 37.3 Å². The van der Waals surface area contributed by atoms with Gasteiger partial charge < -0.3 is 10.2 Å². The van der Waals surface area contributed by atoms with Crippen LogP contribution in [-0.4, -0.2) is 58.3 Å². The van der Waals surface area contributed by atoms with Crippen LogP contribution in [-0.2, 0) is 19.2 Å². The Kier molecular flexibility index (Phi) is 13.5. The fraction of sp³-hybridized carbons (Fsp3) is 0.333. The van der Waals surface area contributed by atoms with E-state index < -0.39 is 17.2 Å². The number of rotatable bonds is 7. The highest BCUT2D eigenvalue weighted by atomic mass is 16.3. The van der Waals surface area contributed by atoms with Gasteiger partial charge in [0.2, 0.25) is 24.3 Å². The van der Waals surface area contributed by atoms with Gasteiger partial charge in [0.25, 0.3) is 0 Å². The number of carbonyl (C=O) groups excluding carboxylic acids is 4. The van der Waals surface area contributed by atoms with Crippen LogP contribution in [0, 0.1) is 6.92 Å². The Bertz CT molecular complexity index is 1140. The summed E-state index contributed by atoms with van der Waals surface area (Å²) in [6.07, 6.45) is 22.4. The number of hydrogen-bond donors (Lipinski definition) is 2. The summed E-state index contributed by atoms with van der Waals surface area (Å²) in [5.74, 6) is 0. The van der Waals surface area contributed by atoms with E-state index in [1.807, 2.05) is 48.6 Å². The van der Waals surface area contributed by atoms with E-state index in [0.717, 1.165) is 0 Å². The van der Waals surface area contributed by atoms with Crippen LogP contribution in [0.15, 0.2) is 86.8 Å². The van der Waals surface area contributed by atoms with Crippen LogP contribution in [0.25, 0.3) is 0 Å². The van der Waals surface area contributed by atoms with Crippen molar-refractivity contribution in [3.05, 3.63) is 72.4 Å². The Morgan fingerprint density at radius 2 is 1.27 bits per heavy atom. The summed E-state index contributed by atoms with van der Waals surface area (Å²) in [7, 11) is 0. The summed E-state index contributed by atoms with van der Waals surface area (Å²) in [6.45, 7) is 3.10. The molecule has 10 heteroatoms. The third kappa shape index (κ3) is 10.4. The molecule has 3 atom stereocenters. The van der Waals surface area contributed by atoms with Gasteiger partial charge in [0.15, 0.2) is 0 Å². The lowest BCUT2D eigenvalue weighted by molar-refractivity contribution is 0.110. The maximum absolute atomic E-state index is 10.7. The number of aliphatic hydroxyl groups is 2. The van der Waals surface area contributed by atoms with Crippen LogP contribution in [0.2, 0.25) is 0 Å². The molecule has 2 aliphatic rings. The topological polar surface area (TPSA) is 158 Å². The van der Waals surface area contributed by atoms with E-state index in [9.17, 15) is 19.2 Å². The zero-order valence-electron chi connectivity index (χ0n) is 20.6. The second-order valence-corrected chi connectivity index (χ2v) is 8.13. The van der Waals surface area contributed by atoms with Crippen molar-refractivity contribution in [2.45, 2.75) is 50.3 Å². The van der Waals surface area contributed by atoms with Gasteiger partial charge in [-0.05, 0) is 38.8 Å². The first-order valence-corrected chi connectivity index (χ1v) is 11.2. The Hall–Kier alpha value is -4.38. The number of hydrogen-bond acceptors (Lipinski definition) is 10. The summed E-state index contributed by atoms with van der Waals surface area (Å²) in [5, 5.41) is 16.0. The van der Waals surface area contributed by atoms with Crippen LogP contribution in [0.3, 0.4) is 0 Å². The van der Waals surface area contributed by atoms with E-state index in [-0.39, 0.29) is 6.61 Å². The van der Waals surface area contributed by atoms with Crippen molar-refractivity contribution in [1.29, 1.82) is 0 Å². The quantitative estimate of drug-likeness (QED) is 0.424. The van der Waals surface area contributed by atoms with E-state index in [1.165, 1.54) is 19.1 Å². The number of benzene rings is 1. The van der Waals surface area contributed by atoms with Crippen molar-refractivity contribution < 1.29 is 29.4 Å². The highest BCUT2D eigenvalue weighted by molar-refractivity contribution is 5.64. The fourth-order valence-electron chi connectivity index (χ4n) is 3.48. The predicted octanol–water partition coefficient (Wildman–Crippen LogP) is 3.85. The van der Waals surface area contributed by atoms with Crippen molar-refractivity contribution in [3.8, 4) is 0 Å². The molecular formula is C27H28N4O6. The molecule has 0 bridgehead atoms. The Labute approximate surface area is 214 Å². The zero-order valence-corrected chi connectivity index (χ0v) is 20.6. The number of aliphatic hydroxyl groups excluding tert-OH is 2. The van der Waals surface area contributed by atoms with Gasteiger partial charge in [-0.2, -0.15) is 20.0 Å². The standard InChI is InChI=1S/C15H14N2O2.C9H6N2O2.C3H8O2/c18-12-16-14(7-3-1-4-8-14)11-15(17-13-19)9-5-2-6-10-15;1-7-8(10-5-12)3-2-4-9(7)11-6-13;1-3(5)2-4/h1-7,9H,8,10-11H2;2-4H,1H3;3-5H,2H2,1H3. The largest absolute Gasteiger partial charge is 0.394 e. The third-order valence-electron chi connectivity index (χ3n) is 5.27. The van der Waals surface area contributed by atoms with Gasteiger partial charge in [-0.15, -0.1) is 0 Å². The molecule has 2 aliphatic carbocycles. The van der Waals surface area contributed by atoms with Gasteiger partial charge in [0, 0.05) is 12.0 Å². The first-order valence-electron chi connectivity index (χ1n) is 11.2. The SMILES string of the molecule is CC(O)CO.Cc1c(N=C=O)cccc1N=C=O.O=C=NC1(CC2(N=C=O)C=CC=CC2)C=CC=CC1. The summed E-state index contributed by atoms with van der Waals surface area (Å²) in [4.78, 5) is 56.2. The minimum Gasteiger partial charge on any atom is -0.394 e. The maximum atomic E-state index is 10.7. The molecule has 192 valence electrons. The van der Waals surface area contributed by atoms with E-state index in [4.69, 9.17) is 10.2 Å². The molecule has 10 nitrogen and oxygen atoms in total. The lowest BCUT2D eigenvalue weighted by Crippen LogP contribution is -2.37. The van der Waals surface area contributed by atoms with Gasteiger partial charge in [0.05, 0.1) is 35.2 Å². The Morgan fingerprint density at radius 3 is 1.57 bits per heavy atom. The lowest BCUT2D eigenvalue weighted by Gasteiger charge is -2.34. The summed E-state index contributed by atoms with van der Waals surface area (Å²) >= 11 is 0. The smallest absolute Gasteiger partial charge is 0.240 e. The Morgan fingerprint density at radius 1 is 0.838 bits per heavy atom. The molecule has 37 heavy (non-hydrogen) atoms. The fourth-order valence-corrected chi connectivity index (χ4v) is 3.48. The van der Waals surface area contributed by atoms with Gasteiger partial charge in [-0.1, -0.05) is 54.7 Å². The molecule has 0 saturated carbocycles. The number of aliphatic imine (C=N–C) groups is 4. The minimum absolute atomic E-state index is 0.139. The van der Waals surface area contributed by atoms with Crippen molar-refractivity contribution in [1.82, 2.24) is 0 Å². The molecule has 1 aromatic carbocycles. The second-order valence-electron chi connectivity index (χ2n) is 8.13. The predicted molar refractivity (Wildman–Crippen MR) is 138 cm³/mol. The summed E-state index contributed by atoms with van der Waals surface area (Å²) < 4.78 is 0. The Balaban J connectivity index is 0.000000329. The molecule has 0 saturated heterocycles. The molecule has 3 rings (SSSR count). The monoisotopic (exact) mass is 504 g/mol. The highest BCUT2D eigenvalue weighted by Gasteiger charge is 2.38. The van der Waals surface area contributed by atoms with E-state index in [2.05, 4.69) is 20.0 Å². The van der Waals surface area contributed by atoms with Crippen molar-refractivity contribution in [2.75, 3.05) is 6.61 Å². The normalized spacial score (nSPS) is 21.2. The molecule has 0 amide bonds. The second kappa shape index (κ2) is 16.3. The third-order valence-corrected chi connectivity index (χ3v) is 5.27. The van der Waals surface area contributed by atoms with E-state index >= 15 is 0 Å². The number of isocyanates is 4. The highest BCUT2D eigenvalue weighted by Crippen LogP contribution is 2.37. The molecule has 0 fully saturated rings. The van der Waals surface area contributed by atoms with Gasteiger partial charge in [-0.3, -0.25) is 0 Å². The van der Waals surface area contributed by atoms with Crippen LogP contribution in [0.5, 0.6) is 0 Å². The minimum atomic E-state index is -0.674. The van der Waals surface area contributed by atoms with Crippen LogP contribution in [0.1, 0.15) is 31.7 Å². The molecule has 0 aromatic heterocycles. The number of nitrogens with zero attached hydrogens (tertiary/aromatic N) is 4. The molecule has 2 N–H and O–H groups in total. The number of allylic oxidation sites excluding steroid dienone is 4. The van der Waals surface area contributed by atoms with E-state index in [0.29, 0.717) is 36.2 Å². The van der Waals surface area contributed by atoms with Gasteiger partial charge >= 0.3 is 0 Å². The lowest BCUT2D eigenvalue weighted by atomic mass is 9.76. The molecule has 0 spiro atoms. The first kappa shape index (κ1) is 30.7.